The van der Waals surface area contributed by atoms with Gasteiger partial charge in [0.25, 0.3) is 0 Å². The van der Waals surface area contributed by atoms with Crippen LogP contribution in [-0.4, -0.2) is 12.4 Å². The lowest BCUT2D eigenvalue weighted by atomic mass is 10.1. The molecule has 0 atom stereocenters. The molecule has 3 heteroatoms. The van der Waals surface area contributed by atoms with Crippen molar-refractivity contribution in [1.82, 2.24) is 0 Å². The standard InChI is InChI=1S/C16H18O3/c1-3-10-18-14-7-5-6-12(11-14)16(17)15-9-8-13(4-2)19-15/h5-9,11H,3-4,10H2,1-2H3. The molecule has 0 amide bonds. The number of hydrogen-bond acceptors (Lipinski definition) is 3. The predicted molar refractivity (Wildman–Crippen MR) is 73.7 cm³/mol. The van der Waals surface area contributed by atoms with E-state index in [4.69, 9.17) is 9.15 Å². The SMILES string of the molecule is CCCOc1cccc(C(=O)c2ccc(CC)o2)c1. The summed E-state index contributed by atoms with van der Waals surface area (Å²) in [6.45, 7) is 4.69. The van der Waals surface area contributed by atoms with Gasteiger partial charge in [-0.05, 0) is 30.7 Å². The van der Waals surface area contributed by atoms with Crippen molar-refractivity contribution in [3.8, 4) is 5.75 Å². The van der Waals surface area contributed by atoms with E-state index in [1.807, 2.05) is 32.0 Å². The second-order valence-electron chi connectivity index (χ2n) is 4.32. The highest BCUT2D eigenvalue weighted by Gasteiger charge is 2.13. The Morgan fingerprint density at radius 1 is 1.21 bits per heavy atom. The zero-order valence-corrected chi connectivity index (χ0v) is 11.3. The fourth-order valence-electron chi connectivity index (χ4n) is 1.78. The molecule has 1 heterocycles. The summed E-state index contributed by atoms with van der Waals surface area (Å²) in [5, 5.41) is 0. The first-order valence-electron chi connectivity index (χ1n) is 6.60. The van der Waals surface area contributed by atoms with Crippen molar-refractivity contribution in [2.75, 3.05) is 6.61 Å². The minimum absolute atomic E-state index is 0.110. The van der Waals surface area contributed by atoms with Gasteiger partial charge < -0.3 is 9.15 Å². The Labute approximate surface area is 113 Å². The number of carbonyl (C=O) groups is 1. The lowest BCUT2D eigenvalue weighted by Crippen LogP contribution is -2.01. The zero-order chi connectivity index (χ0) is 13.7. The van der Waals surface area contributed by atoms with Crippen molar-refractivity contribution < 1.29 is 13.9 Å². The topological polar surface area (TPSA) is 39.4 Å². The highest BCUT2D eigenvalue weighted by molar-refractivity contribution is 6.07. The van der Waals surface area contributed by atoms with Gasteiger partial charge in [-0.2, -0.15) is 0 Å². The molecule has 1 aromatic heterocycles. The van der Waals surface area contributed by atoms with E-state index >= 15 is 0 Å². The summed E-state index contributed by atoms with van der Waals surface area (Å²) in [7, 11) is 0. The van der Waals surface area contributed by atoms with E-state index in [-0.39, 0.29) is 5.78 Å². The molecule has 0 saturated heterocycles. The number of hydrogen-bond donors (Lipinski definition) is 0. The summed E-state index contributed by atoms with van der Waals surface area (Å²) < 4.78 is 11.0. The van der Waals surface area contributed by atoms with Crippen LogP contribution in [0.5, 0.6) is 5.75 Å². The molecule has 0 unspecified atom stereocenters. The van der Waals surface area contributed by atoms with Gasteiger partial charge in [0.2, 0.25) is 5.78 Å². The first-order chi connectivity index (χ1) is 9.24. The van der Waals surface area contributed by atoms with E-state index in [0.717, 1.165) is 24.4 Å². The molecule has 3 nitrogen and oxygen atoms in total. The van der Waals surface area contributed by atoms with Gasteiger partial charge in [0.1, 0.15) is 11.5 Å². The summed E-state index contributed by atoms with van der Waals surface area (Å²) >= 11 is 0. The second-order valence-corrected chi connectivity index (χ2v) is 4.32. The minimum atomic E-state index is -0.110. The second kappa shape index (κ2) is 6.23. The number of benzene rings is 1. The number of carbonyl (C=O) groups excluding carboxylic acids is 1. The van der Waals surface area contributed by atoms with Crippen LogP contribution >= 0.6 is 0 Å². The summed E-state index contributed by atoms with van der Waals surface area (Å²) in [6.07, 6.45) is 1.73. The molecule has 0 fully saturated rings. The molecule has 0 aliphatic carbocycles. The van der Waals surface area contributed by atoms with Crippen LogP contribution in [0.1, 0.15) is 42.1 Å². The van der Waals surface area contributed by atoms with Crippen LogP contribution < -0.4 is 4.74 Å². The molecule has 0 aliphatic rings. The monoisotopic (exact) mass is 258 g/mol. The average Bonchev–Trinajstić information content (AvgIpc) is 2.93. The predicted octanol–water partition coefficient (Wildman–Crippen LogP) is 3.86. The van der Waals surface area contributed by atoms with Crippen LogP contribution in [0, 0.1) is 0 Å². The third-order valence-electron chi connectivity index (χ3n) is 2.80. The van der Waals surface area contributed by atoms with Crippen molar-refractivity contribution in [3.63, 3.8) is 0 Å². The number of ether oxygens (including phenoxy) is 1. The first-order valence-corrected chi connectivity index (χ1v) is 6.60. The molecular formula is C16H18O3. The van der Waals surface area contributed by atoms with Crippen molar-refractivity contribution >= 4 is 5.78 Å². The Hall–Kier alpha value is -2.03. The molecule has 0 saturated carbocycles. The van der Waals surface area contributed by atoms with Gasteiger partial charge in [0, 0.05) is 12.0 Å². The molecule has 19 heavy (non-hydrogen) atoms. The molecule has 0 N–H and O–H groups in total. The maximum absolute atomic E-state index is 12.3. The van der Waals surface area contributed by atoms with E-state index in [1.54, 1.807) is 18.2 Å². The minimum Gasteiger partial charge on any atom is -0.494 e. The van der Waals surface area contributed by atoms with Gasteiger partial charge in [-0.1, -0.05) is 26.0 Å². The quantitative estimate of drug-likeness (QED) is 0.738. The summed E-state index contributed by atoms with van der Waals surface area (Å²) in [4.78, 5) is 12.3. The number of rotatable bonds is 6. The Morgan fingerprint density at radius 2 is 2.05 bits per heavy atom. The lowest BCUT2D eigenvalue weighted by Gasteiger charge is -2.05. The van der Waals surface area contributed by atoms with Crippen molar-refractivity contribution in [3.05, 3.63) is 53.5 Å². The maximum atomic E-state index is 12.3. The van der Waals surface area contributed by atoms with Gasteiger partial charge in [-0.25, -0.2) is 0 Å². The molecule has 100 valence electrons. The Kier molecular flexibility index (Phi) is 4.39. The van der Waals surface area contributed by atoms with Gasteiger partial charge in [0.15, 0.2) is 5.76 Å². The van der Waals surface area contributed by atoms with Gasteiger partial charge in [0.05, 0.1) is 6.61 Å². The molecule has 0 spiro atoms. The molecule has 0 radical (unpaired) electrons. The van der Waals surface area contributed by atoms with E-state index in [9.17, 15) is 4.79 Å². The van der Waals surface area contributed by atoms with E-state index < -0.39 is 0 Å². The molecule has 0 aliphatic heterocycles. The van der Waals surface area contributed by atoms with Crippen LogP contribution in [0.4, 0.5) is 0 Å². The van der Waals surface area contributed by atoms with Crippen LogP contribution in [0.2, 0.25) is 0 Å². The zero-order valence-electron chi connectivity index (χ0n) is 11.3. The van der Waals surface area contributed by atoms with Crippen molar-refractivity contribution in [1.29, 1.82) is 0 Å². The lowest BCUT2D eigenvalue weighted by molar-refractivity contribution is 0.101. The van der Waals surface area contributed by atoms with Gasteiger partial charge >= 0.3 is 0 Å². The number of ketones is 1. The summed E-state index contributed by atoms with van der Waals surface area (Å²) in [6, 6.07) is 10.8. The van der Waals surface area contributed by atoms with Crippen LogP contribution in [0.15, 0.2) is 40.8 Å². The van der Waals surface area contributed by atoms with E-state index in [1.165, 1.54) is 0 Å². The smallest absolute Gasteiger partial charge is 0.228 e. The van der Waals surface area contributed by atoms with E-state index in [2.05, 4.69) is 0 Å². The molecule has 1 aromatic carbocycles. The molecular weight excluding hydrogens is 240 g/mol. The summed E-state index contributed by atoms with van der Waals surface area (Å²) in [5.74, 6) is 1.81. The third-order valence-corrected chi connectivity index (χ3v) is 2.80. The average molecular weight is 258 g/mol. The third kappa shape index (κ3) is 3.25. The molecule has 2 rings (SSSR count). The molecule has 2 aromatic rings. The molecule has 0 bridgehead atoms. The van der Waals surface area contributed by atoms with Crippen LogP contribution in [0.3, 0.4) is 0 Å². The fourth-order valence-corrected chi connectivity index (χ4v) is 1.78. The van der Waals surface area contributed by atoms with E-state index in [0.29, 0.717) is 17.9 Å². The summed E-state index contributed by atoms with van der Waals surface area (Å²) in [5.41, 5.74) is 0.589. The first kappa shape index (κ1) is 13.4. The van der Waals surface area contributed by atoms with Crippen molar-refractivity contribution in [2.45, 2.75) is 26.7 Å². The van der Waals surface area contributed by atoms with Crippen molar-refractivity contribution in [2.24, 2.45) is 0 Å². The van der Waals surface area contributed by atoms with Crippen LogP contribution in [-0.2, 0) is 6.42 Å². The fraction of sp³-hybridized carbons (Fsp3) is 0.312. The number of aryl methyl sites for hydroxylation is 1. The largest absolute Gasteiger partial charge is 0.494 e. The Balaban J connectivity index is 2.18. The van der Waals surface area contributed by atoms with Crippen LogP contribution in [0.25, 0.3) is 0 Å². The Bertz CT molecular complexity index is 555. The normalized spacial score (nSPS) is 10.4. The Morgan fingerprint density at radius 3 is 2.74 bits per heavy atom. The maximum Gasteiger partial charge on any atom is 0.228 e. The highest BCUT2D eigenvalue weighted by Crippen LogP contribution is 2.18. The van der Waals surface area contributed by atoms with Gasteiger partial charge in [-0.3, -0.25) is 4.79 Å². The van der Waals surface area contributed by atoms with Gasteiger partial charge in [-0.15, -0.1) is 0 Å². The number of furan rings is 1. The highest BCUT2D eigenvalue weighted by atomic mass is 16.5.